The third-order valence-corrected chi connectivity index (χ3v) is 7.52. The molecule has 1 saturated heterocycles. The van der Waals surface area contributed by atoms with E-state index in [9.17, 15) is 14.4 Å². The lowest BCUT2D eigenvalue weighted by atomic mass is 9.90. The zero-order valence-corrected chi connectivity index (χ0v) is 21.8. The minimum absolute atomic E-state index is 0.00461. The molecule has 0 bridgehead atoms. The number of hydrogen-bond acceptors (Lipinski definition) is 7. The number of fused-ring (bicyclic) bond motifs is 1. The highest BCUT2D eigenvalue weighted by Gasteiger charge is 2.42. The number of hydrogen-bond donors (Lipinski definition) is 0. The topological polar surface area (TPSA) is 82.5 Å². The van der Waals surface area contributed by atoms with Crippen molar-refractivity contribution in [1.29, 1.82) is 0 Å². The van der Waals surface area contributed by atoms with E-state index in [0.29, 0.717) is 37.4 Å². The van der Waals surface area contributed by atoms with Crippen LogP contribution in [0.2, 0.25) is 0 Å². The predicted molar refractivity (Wildman–Crippen MR) is 136 cm³/mol. The van der Waals surface area contributed by atoms with Crippen LogP contribution in [0.15, 0.2) is 45.6 Å². The molecule has 1 aromatic rings. The zero-order valence-electron chi connectivity index (χ0n) is 21.0. The van der Waals surface area contributed by atoms with Gasteiger partial charge in [0.05, 0.1) is 30.3 Å². The highest BCUT2D eigenvalue weighted by Crippen LogP contribution is 2.45. The molecule has 35 heavy (non-hydrogen) atoms. The predicted octanol–water partition coefficient (Wildman–Crippen LogP) is 3.52. The fourth-order valence-corrected chi connectivity index (χ4v) is 5.69. The number of esters is 1. The van der Waals surface area contributed by atoms with E-state index in [-0.39, 0.29) is 30.8 Å². The van der Waals surface area contributed by atoms with Crippen molar-refractivity contribution in [3.63, 3.8) is 0 Å². The maximum atomic E-state index is 13.3. The number of thioether (sulfide) groups is 1. The third kappa shape index (κ3) is 5.00. The van der Waals surface area contributed by atoms with Gasteiger partial charge in [0.2, 0.25) is 11.8 Å². The second kappa shape index (κ2) is 10.3. The van der Waals surface area contributed by atoms with Gasteiger partial charge in [-0.3, -0.25) is 9.59 Å². The van der Waals surface area contributed by atoms with Crippen molar-refractivity contribution in [3.8, 4) is 0 Å². The molecule has 186 valence electrons. The smallest absolute Gasteiger partial charge is 0.338 e. The van der Waals surface area contributed by atoms with Gasteiger partial charge in [0.25, 0.3) is 0 Å². The quantitative estimate of drug-likeness (QED) is 0.580. The number of benzene rings is 1. The molecule has 3 aliphatic rings. The Balaban J connectivity index is 1.65. The van der Waals surface area contributed by atoms with Gasteiger partial charge < -0.3 is 19.4 Å². The van der Waals surface area contributed by atoms with Gasteiger partial charge in [-0.1, -0.05) is 35.5 Å². The van der Waals surface area contributed by atoms with Gasteiger partial charge in [0, 0.05) is 38.8 Å². The molecule has 9 heteroatoms. The van der Waals surface area contributed by atoms with Crippen LogP contribution in [-0.2, 0) is 19.1 Å². The van der Waals surface area contributed by atoms with Crippen LogP contribution >= 0.6 is 11.8 Å². The van der Waals surface area contributed by atoms with E-state index in [1.54, 1.807) is 18.7 Å². The molecule has 1 atom stereocenters. The molecule has 4 rings (SSSR count). The molecule has 2 amide bonds. The van der Waals surface area contributed by atoms with Gasteiger partial charge >= 0.3 is 5.97 Å². The van der Waals surface area contributed by atoms with Crippen LogP contribution < -0.4 is 0 Å². The first-order valence-corrected chi connectivity index (χ1v) is 12.8. The van der Waals surface area contributed by atoms with Crippen LogP contribution in [0.25, 0.3) is 0 Å². The summed E-state index contributed by atoms with van der Waals surface area (Å²) in [4.78, 5) is 48.3. The summed E-state index contributed by atoms with van der Waals surface area (Å²) < 4.78 is 5.44. The maximum absolute atomic E-state index is 13.3. The number of carbonyl (C=O) groups excluding carboxylic acids is 3. The molecular weight excluding hydrogens is 464 g/mol. The first kappa shape index (κ1) is 25.0. The Kier molecular flexibility index (Phi) is 7.35. The Morgan fingerprint density at radius 1 is 1.09 bits per heavy atom. The summed E-state index contributed by atoms with van der Waals surface area (Å²) in [7, 11) is 0. The van der Waals surface area contributed by atoms with Crippen LogP contribution in [0.4, 0.5) is 0 Å². The lowest BCUT2D eigenvalue weighted by Crippen LogP contribution is -2.50. The normalized spacial score (nSPS) is 19.9. The van der Waals surface area contributed by atoms with Crippen molar-refractivity contribution in [2.45, 2.75) is 47.1 Å². The molecule has 0 aromatic heterocycles. The van der Waals surface area contributed by atoms with Crippen LogP contribution in [0.5, 0.6) is 0 Å². The van der Waals surface area contributed by atoms with Crippen molar-refractivity contribution in [3.05, 3.63) is 57.3 Å². The minimum Gasteiger partial charge on any atom is -0.463 e. The minimum atomic E-state index is -0.426. The summed E-state index contributed by atoms with van der Waals surface area (Å²) >= 11 is 1.47. The number of aryl methyl sites for hydroxylation is 2. The molecular formula is C26H32N4O4S. The molecule has 0 unspecified atom stereocenters. The van der Waals surface area contributed by atoms with Gasteiger partial charge in [-0.05, 0) is 44.2 Å². The molecule has 1 aromatic carbocycles. The Bertz CT molecular complexity index is 1150. The van der Waals surface area contributed by atoms with Crippen LogP contribution in [0.3, 0.4) is 0 Å². The SMILES string of the molecule is CCOC(=O)C1=C(C)N=C2SC=C(CC(=O)N3CCN(C(C)=O)CC3)N2[C@@H]1c1cc(C)ccc1C. The largest absolute Gasteiger partial charge is 0.463 e. The average molecular weight is 497 g/mol. The number of ether oxygens (including phenoxy) is 1. The van der Waals surface area contributed by atoms with Gasteiger partial charge in [-0.15, -0.1) is 0 Å². The highest BCUT2D eigenvalue weighted by atomic mass is 32.2. The lowest BCUT2D eigenvalue weighted by molar-refractivity contribution is -0.139. The molecule has 8 nitrogen and oxygen atoms in total. The number of amides is 2. The molecule has 0 radical (unpaired) electrons. The van der Waals surface area contributed by atoms with E-state index in [1.807, 2.05) is 36.0 Å². The third-order valence-electron chi connectivity index (χ3n) is 6.64. The van der Waals surface area contributed by atoms with Crippen molar-refractivity contribution in [1.82, 2.24) is 14.7 Å². The molecule has 0 N–H and O–H groups in total. The first-order valence-electron chi connectivity index (χ1n) is 11.9. The molecule has 3 heterocycles. The highest BCUT2D eigenvalue weighted by molar-refractivity contribution is 8.16. The number of carbonyl (C=O) groups is 3. The summed E-state index contributed by atoms with van der Waals surface area (Å²) in [6.07, 6.45) is 0.197. The van der Waals surface area contributed by atoms with Gasteiger partial charge in [0.1, 0.15) is 0 Å². The zero-order chi connectivity index (χ0) is 25.3. The van der Waals surface area contributed by atoms with Crippen molar-refractivity contribution >= 4 is 34.7 Å². The Morgan fingerprint density at radius 3 is 2.43 bits per heavy atom. The van der Waals surface area contributed by atoms with E-state index < -0.39 is 6.04 Å². The monoisotopic (exact) mass is 496 g/mol. The van der Waals surface area contributed by atoms with E-state index >= 15 is 0 Å². The van der Waals surface area contributed by atoms with Crippen molar-refractivity contribution in [2.75, 3.05) is 32.8 Å². The number of piperazine rings is 1. The molecule has 3 aliphatic heterocycles. The number of rotatable bonds is 5. The van der Waals surface area contributed by atoms with E-state index in [0.717, 1.165) is 27.6 Å². The fourth-order valence-electron chi connectivity index (χ4n) is 4.73. The van der Waals surface area contributed by atoms with Gasteiger partial charge in [-0.25, -0.2) is 9.79 Å². The standard InChI is InChI=1S/C26H32N4O4S/c1-6-34-25(33)23-18(4)27-26-30(24(23)21-13-16(2)7-8-17(21)3)20(15-35-26)14-22(32)29-11-9-28(10-12-29)19(5)31/h7-8,13,15,24H,6,9-12,14H2,1-5H3/t24-/m1/s1. The summed E-state index contributed by atoms with van der Waals surface area (Å²) in [5.41, 5.74) is 5.09. The summed E-state index contributed by atoms with van der Waals surface area (Å²) in [6.45, 7) is 11.7. The second-order valence-electron chi connectivity index (χ2n) is 9.04. The Hall–Kier alpha value is -3.07. The Morgan fingerprint density at radius 2 is 1.77 bits per heavy atom. The molecule has 0 spiro atoms. The number of aliphatic imine (C=N–C) groups is 1. The summed E-state index contributed by atoms with van der Waals surface area (Å²) in [5, 5.41) is 2.72. The van der Waals surface area contributed by atoms with Crippen LogP contribution in [0.1, 0.15) is 49.9 Å². The van der Waals surface area contributed by atoms with Crippen LogP contribution in [-0.4, -0.2) is 70.4 Å². The second-order valence-corrected chi connectivity index (χ2v) is 9.87. The fraction of sp³-hybridized carbons (Fsp3) is 0.462. The number of nitrogens with zero attached hydrogens (tertiary/aromatic N) is 4. The number of allylic oxidation sites excluding steroid dienone is 1. The van der Waals surface area contributed by atoms with E-state index in [2.05, 4.69) is 18.2 Å². The van der Waals surface area contributed by atoms with E-state index in [1.165, 1.54) is 11.8 Å². The molecule has 0 aliphatic carbocycles. The maximum Gasteiger partial charge on any atom is 0.338 e. The first-order chi connectivity index (χ1) is 16.7. The summed E-state index contributed by atoms with van der Waals surface area (Å²) in [5.74, 6) is -0.349. The van der Waals surface area contributed by atoms with Crippen molar-refractivity contribution in [2.24, 2.45) is 4.99 Å². The van der Waals surface area contributed by atoms with Gasteiger partial charge in [0.15, 0.2) is 5.17 Å². The average Bonchev–Trinajstić information content (AvgIpc) is 3.21. The van der Waals surface area contributed by atoms with Crippen molar-refractivity contribution < 1.29 is 19.1 Å². The molecule has 1 fully saturated rings. The van der Waals surface area contributed by atoms with E-state index in [4.69, 9.17) is 9.73 Å². The summed E-state index contributed by atoms with van der Waals surface area (Å²) in [6, 6.07) is 5.78. The number of amidine groups is 1. The van der Waals surface area contributed by atoms with Gasteiger partial charge in [-0.2, -0.15) is 0 Å². The lowest BCUT2D eigenvalue weighted by Gasteiger charge is -2.38. The van der Waals surface area contributed by atoms with Crippen LogP contribution in [0, 0.1) is 13.8 Å². The molecule has 0 saturated carbocycles. The Labute approximate surface area is 210 Å².